The Labute approximate surface area is 304 Å². The number of pyridine rings is 3. The van der Waals surface area contributed by atoms with Crippen LogP contribution in [-0.4, -0.2) is 15.0 Å². The fourth-order valence-corrected chi connectivity index (χ4v) is 6.32. The van der Waals surface area contributed by atoms with E-state index in [4.69, 9.17) is 9.40 Å². The van der Waals surface area contributed by atoms with E-state index in [-0.39, 0.29) is 20.1 Å². The van der Waals surface area contributed by atoms with Crippen molar-refractivity contribution in [1.29, 1.82) is 0 Å². The third kappa shape index (κ3) is 6.37. The first-order chi connectivity index (χ1) is 24.1. The van der Waals surface area contributed by atoms with Gasteiger partial charge in [0.15, 0.2) is 0 Å². The molecule has 5 heteroatoms. The second kappa shape index (κ2) is 14.4. The molecule has 0 saturated carbocycles. The summed E-state index contributed by atoms with van der Waals surface area (Å²) in [5.41, 5.74) is 12.2. The van der Waals surface area contributed by atoms with E-state index in [0.29, 0.717) is 0 Å². The second-order valence-electron chi connectivity index (χ2n) is 12.0. The van der Waals surface area contributed by atoms with Crippen LogP contribution in [0.4, 0.5) is 0 Å². The third-order valence-electron chi connectivity index (χ3n) is 8.78. The molecule has 0 atom stereocenters. The van der Waals surface area contributed by atoms with Gasteiger partial charge >= 0.3 is 0 Å². The number of aromatic nitrogens is 3. The molecule has 0 unspecified atom stereocenters. The van der Waals surface area contributed by atoms with Crippen molar-refractivity contribution < 1.29 is 24.5 Å². The average molecular weight is 822 g/mol. The van der Waals surface area contributed by atoms with E-state index in [1.807, 2.05) is 86.3 Å². The number of rotatable bonds is 4. The minimum atomic E-state index is 0. The zero-order valence-electron chi connectivity index (χ0n) is 27.5. The molecule has 243 valence electrons. The second-order valence-corrected chi connectivity index (χ2v) is 12.0. The number of fused-ring (bicyclic) bond motifs is 4. The molecule has 4 aromatic heterocycles. The predicted octanol–water partition coefficient (Wildman–Crippen LogP) is 11.5. The predicted molar refractivity (Wildman–Crippen MR) is 200 cm³/mol. The summed E-state index contributed by atoms with van der Waals surface area (Å²) in [4.78, 5) is 13.4. The van der Waals surface area contributed by atoms with Gasteiger partial charge in [0.25, 0.3) is 0 Å². The molecule has 50 heavy (non-hydrogen) atoms. The first-order valence-electron chi connectivity index (χ1n) is 16.3. The summed E-state index contributed by atoms with van der Waals surface area (Å²) >= 11 is 0. The fourth-order valence-electron chi connectivity index (χ4n) is 6.32. The Balaban J connectivity index is 0.000000236. The average Bonchev–Trinajstić information content (AvgIpc) is 3.57. The SMILES string of the molecule is Cc1ccc(-c2[c-]cccc2)nc1.Cc1ccc(-c2cccc3ccncc23)c2oc3c(-c4cc(-c5ccccc5)ccn4)[c-]ccc3c12.[Ir]. The maximum atomic E-state index is 6.71. The molecule has 0 spiro atoms. The first kappa shape index (κ1) is 32.8. The molecule has 0 aliphatic carbocycles. The van der Waals surface area contributed by atoms with E-state index >= 15 is 0 Å². The van der Waals surface area contributed by atoms with Gasteiger partial charge in [0.1, 0.15) is 5.58 Å². The van der Waals surface area contributed by atoms with Gasteiger partial charge in [0, 0.05) is 61.2 Å². The summed E-state index contributed by atoms with van der Waals surface area (Å²) in [7, 11) is 0. The minimum Gasteiger partial charge on any atom is -0.500 e. The molecule has 4 heterocycles. The van der Waals surface area contributed by atoms with Gasteiger partial charge in [-0.05, 0) is 70.6 Å². The smallest absolute Gasteiger partial charge is 0.129 e. The standard InChI is InChI=1S/C33H21N2O.C12H10N.Ir/c1-21-13-14-26(25-10-5-9-23-15-17-34-20-29(23)25)33-31(21)28-12-6-11-27(32(28)36-33)30-19-24(16-18-35-30)22-7-3-2-4-8-22;1-10-7-8-12(13-9-10)11-5-3-2-4-6-11;/h2-10,12-20H,1H3;2-5,7-9H,1H3;/q2*-1;. The molecule has 9 rings (SSSR count). The third-order valence-corrected chi connectivity index (χ3v) is 8.78. The van der Waals surface area contributed by atoms with E-state index in [1.165, 1.54) is 11.1 Å². The maximum absolute atomic E-state index is 6.71. The Kier molecular flexibility index (Phi) is 9.44. The monoisotopic (exact) mass is 822 g/mol. The molecule has 0 fully saturated rings. The van der Waals surface area contributed by atoms with Crippen LogP contribution >= 0.6 is 0 Å². The van der Waals surface area contributed by atoms with Crippen molar-refractivity contribution in [2.24, 2.45) is 0 Å². The van der Waals surface area contributed by atoms with Crippen molar-refractivity contribution in [3.05, 3.63) is 175 Å². The molecular formula is C45H31IrN3O-2. The van der Waals surface area contributed by atoms with Crippen molar-refractivity contribution in [3.63, 3.8) is 0 Å². The summed E-state index contributed by atoms with van der Waals surface area (Å²) in [5, 5.41) is 4.46. The van der Waals surface area contributed by atoms with Crippen LogP contribution in [0.2, 0.25) is 0 Å². The van der Waals surface area contributed by atoms with Crippen LogP contribution in [0.5, 0.6) is 0 Å². The van der Waals surface area contributed by atoms with Gasteiger partial charge in [0.05, 0.1) is 5.58 Å². The van der Waals surface area contributed by atoms with Crippen LogP contribution in [-0.2, 0) is 20.1 Å². The number of hydrogen-bond donors (Lipinski definition) is 0. The molecule has 0 saturated heterocycles. The van der Waals surface area contributed by atoms with E-state index < -0.39 is 0 Å². The first-order valence-corrected chi connectivity index (χ1v) is 16.3. The van der Waals surface area contributed by atoms with Gasteiger partial charge in [-0.15, -0.1) is 54.1 Å². The van der Waals surface area contributed by atoms with Crippen LogP contribution in [0.3, 0.4) is 0 Å². The fraction of sp³-hybridized carbons (Fsp3) is 0.0444. The molecule has 5 aromatic carbocycles. The van der Waals surface area contributed by atoms with Crippen LogP contribution in [0.15, 0.2) is 157 Å². The minimum absolute atomic E-state index is 0. The molecule has 0 bridgehead atoms. The van der Waals surface area contributed by atoms with Gasteiger partial charge in [0.2, 0.25) is 0 Å². The molecule has 0 aliphatic rings. The molecule has 0 N–H and O–H groups in total. The number of hydrogen-bond acceptors (Lipinski definition) is 4. The van der Waals surface area contributed by atoms with Crippen LogP contribution in [0, 0.1) is 26.0 Å². The summed E-state index contributed by atoms with van der Waals surface area (Å²) < 4.78 is 6.71. The van der Waals surface area contributed by atoms with Crippen molar-refractivity contribution in [2.75, 3.05) is 0 Å². The van der Waals surface area contributed by atoms with Crippen molar-refractivity contribution in [1.82, 2.24) is 15.0 Å². The molecule has 0 aliphatic heterocycles. The zero-order valence-corrected chi connectivity index (χ0v) is 29.9. The van der Waals surface area contributed by atoms with E-state index in [2.05, 4.69) is 102 Å². The van der Waals surface area contributed by atoms with Gasteiger partial charge in [-0.1, -0.05) is 89.8 Å². The van der Waals surface area contributed by atoms with Gasteiger partial charge in [-0.25, -0.2) is 0 Å². The normalized spacial score (nSPS) is 10.8. The van der Waals surface area contributed by atoms with Crippen molar-refractivity contribution in [2.45, 2.75) is 13.8 Å². The largest absolute Gasteiger partial charge is 0.500 e. The Morgan fingerprint density at radius 3 is 2.28 bits per heavy atom. The summed E-state index contributed by atoms with van der Waals surface area (Å²) in [6, 6.07) is 49.7. The van der Waals surface area contributed by atoms with E-state index in [0.717, 1.165) is 77.5 Å². The molecule has 4 nitrogen and oxygen atoms in total. The quantitative estimate of drug-likeness (QED) is 0.166. The van der Waals surface area contributed by atoms with Crippen LogP contribution in [0.1, 0.15) is 11.1 Å². The number of aryl methyl sites for hydroxylation is 2. The molecular weight excluding hydrogens is 791 g/mol. The molecule has 9 aromatic rings. The van der Waals surface area contributed by atoms with Crippen molar-refractivity contribution in [3.8, 4) is 44.8 Å². The Morgan fingerprint density at radius 1 is 0.580 bits per heavy atom. The van der Waals surface area contributed by atoms with Crippen LogP contribution in [0.25, 0.3) is 77.5 Å². The van der Waals surface area contributed by atoms with Crippen molar-refractivity contribution >= 4 is 32.7 Å². The zero-order chi connectivity index (χ0) is 33.2. The Hall–Kier alpha value is -5.74. The number of nitrogens with zero attached hydrogens (tertiary/aromatic N) is 3. The molecule has 1 radical (unpaired) electrons. The summed E-state index contributed by atoms with van der Waals surface area (Å²) in [6.07, 6.45) is 7.48. The van der Waals surface area contributed by atoms with Crippen LogP contribution < -0.4 is 0 Å². The topological polar surface area (TPSA) is 51.8 Å². The van der Waals surface area contributed by atoms with Gasteiger partial charge in [-0.3, -0.25) is 4.98 Å². The maximum Gasteiger partial charge on any atom is 0.129 e. The van der Waals surface area contributed by atoms with E-state index in [9.17, 15) is 0 Å². The Morgan fingerprint density at radius 2 is 1.46 bits per heavy atom. The molecule has 0 amide bonds. The van der Waals surface area contributed by atoms with Gasteiger partial charge < -0.3 is 14.4 Å². The number of furan rings is 1. The summed E-state index contributed by atoms with van der Waals surface area (Å²) in [5.74, 6) is 0. The van der Waals surface area contributed by atoms with E-state index in [1.54, 1.807) is 0 Å². The summed E-state index contributed by atoms with van der Waals surface area (Å²) in [6.45, 7) is 4.17. The van der Waals surface area contributed by atoms with Gasteiger partial charge in [-0.2, -0.15) is 0 Å². The number of benzene rings is 5. The Bertz CT molecular complexity index is 2560.